The Labute approximate surface area is 213 Å². The summed E-state index contributed by atoms with van der Waals surface area (Å²) in [6.45, 7) is 0. The van der Waals surface area contributed by atoms with E-state index in [1.807, 2.05) is 4.40 Å². The number of nitrogens with one attached hydrogen (secondary N) is 1. The molecule has 3 heterocycles. The van der Waals surface area contributed by atoms with Crippen LogP contribution in [0.1, 0.15) is 40.5 Å². The number of nitrogen functional groups attached to an aromatic ring is 1. The lowest BCUT2D eigenvalue weighted by Crippen LogP contribution is -2.14. The van der Waals surface area contributed by atoms with Crippen LogP contribution in [-0.2, 0) is 11.0 Å². The Morgan fingerprint density at radius 2 is 1.76 bits per heavy atom. The largest absolute Gasteiger partial charge is 0.481 e. The predicted molar refractivity (Wildman–Crippen MR) is 130 cm³/mol. The van der Waals surface area contributed by atoms with Gasteiger partial charge in [-0.2, -0.15) is 13.2 Å². The number of nitrogens with zero attached hydrogens (tertiary/aromatic N) is 4. The number of amides is 1. The highest BCUT2D eigenvalue weighted by Crippen LogP contribution is 2.62. The standard InChI is InChI=1S/C26H21F3N6O3/c27-26(28,29)15-5-6-31-18(11-15)33-24(36)13-3-1-12(2-4-13)20-21-22(30)32-7-8-35(21)23(34-20)14-9-16-17(10-14)19(16)25(37)38/h1-8,11,14,16-17,19H,9-10H2,(H2,30,32)(H,37,38)(H,31,33,36)/t14-,16-,17+,19+. The highest BCUT2D eigenvalue weighted by Gasteiger charge is 2.60. The molecular weight excluding hydrogens is 501 g/mol. The highest BCUT2D eigenvalue weighted by molar-refractivity contribution is 6.04. The Kier molecular flexibility index (Phi) is 5.37. The monoisotopic (exact) mass is 522 g/mol. The van der Waals surface area contributed by atoms with Gasteiger partial charge in [0.25, 0.3) is 5.91 Å². The molecule has 0 aliphatic heterocycles. The van der Waals surface area contributed by atoms with Crippen molar-refractivity contribution < 1.29 is 27.9 Å². The van der Waals surface area contributed by atoms with E-state index >= 15 is 0 Å². The first-order valence-corrected chi connectivity index (χ1v) is 11.9. The van der Waals surface area contributed by atoms with E-state index in [-0.39, 0.29) is 40.9 Å². The molecule has 2 aliphatic rings. The van der Waals surface area contributed by atoms with Gasteiger partial charge in [-0.25, -0.2) is 15.0 Å². The summed E-state index contributed by atoms with van der Waals surface area (Å²) in [6, 6.07) is 8.04. The summed E-state index contributed by atoms with van der Waals surface area (Å²) in [5, 5.41) is 11.7. The summed E-state index contributed by atoms with van der Waals surface area (Å²) in [5.74, 6) is -0.345. The van der Waals surface area contributed by atoms with E-state index in [4.69, 9.17) is 10.7 Å². The second-order valence-corrected chi connectivity index (χ2v) is 9.67. The second-order valence-electron chi connectivity index (χ2n) is 9.67. The Morgan fingerprint density at radius 3 is 2.42 bits per heavy atom. The van der Waals surface area contributed by atoms with E-state index in [1.165, 1.54) is 12.1 Å². The normalized spacial score (nSPS) is 22.3. The molecule has 4 atom stereocenters. The Hall–Kier alpha value is -4.48. The van der Waals surface area contributed by atoms with E-state index in [1.54, 1.807) is 24.5 Å². The molecule has 0 radical (unpaired) electrons. The van der Waals surface area contributed by atoms with Gasteiger partial charge in [-0.15, -0.1) is 0 Å². The zero-order chi connectivity index (χ0) is 26.8. The number of hydrogen-bond acceptors (Lipinski definition) is 6. The van der Waals surface area contributed by atoms with Gasteiger partial charge in [0.05, 0.1) is 11.5 Å². The zero-order valence-electron chi connectivity index (χ0n) is 19.7. The number of alkyl halides is 3. The minimum absolute atomic E-state index is 0.0914. The molecule has 12 heteroatoms. The number of nitrogens with two attached hydrogens (primary N) is 1. The first-order valence-electron chi connectivity index (χ1n) is 11.9. The minimum atomic E-state index is -4.55. The van der Waals surface area contributed by atoms with Crippen molar-refractivity contribution in [3.63, 3.8) is 0 Å². The molecule has 0 spiro atoms. The highest BCUT2D eigenvalue weighted by atomic mass is 19.4. The van der Waals surface area contributed by atoms with E-state index in [0.29, 0.717) is 16.8 Å². The van der Waals surface area contributed by atoms with Gasteiger partial charge < -0.3 is 16.2 Å². The third kappa shape index (κ3) is 4.01. The van der Waals surface area contributed by atoms with Crippen LogP contribution >= 0.6 is 0 Å². The van der Waals surface area contributed by atoms with Gasteiger partial charge in [-0.1, -0.05) is 12.1 Å². The number of aromatic nitrogens is 4. The SMILES string of the molecule is Nc1nccn2c([C@@H]3C[C@@H]4[C@H](C3)[C@H]4C(=O)O)nc(-c3ccc(C(=O)Nc4cc(C(F)(F)F)ccn4)cc3)c12. The van der Waals surface area contributed by atoms with Crippen LogP contribution in [0.15, 0.2) is 55.0 Å². The van der Waals surface area contributed by atoms with Crippen LogP contribution < -0.4 is 11.1 Å². The Morgan fingerprint density at radius 1 is 1.05 bits per heavy atom. The molecule has 3 aromatic heterocycles. The molecule has 2 saturated carbocycles. The molecule has 1 aromatic carbocycles. The fourth-order valence-corrected chi connectivity index (χ4v) is 5.64. The van der Waals surface area contributed by atoms with Gasteiger partial charge in [0.2, 0.25) is 0 Å². The van der Waals surface area contributed by atoms with Crippen molar-refractivity contribution in [2.24, 2.45) is 17.8 Å². The fraction of sp³-hybridized carbons (Fsp3) is 0.269. The number of aliphatic carboxylic acids is 1. The topological polar surface area (TPSA) is 136 Å². The third-order valence-corrected chi connectivity index (χ3v) is 7.46. The molecule has 6 rings (SSSR count). The molecule has 2 aliphatic carbocycles. The summed E-state index contributed by atoms with van der Waals surface area (Å²) in [4.78, 5) is 36.9. The maximum absolute atomic E-state index is 13.0. The van der Waals surface area contributed by atoms with Gasteiger partial charge in [0.1, 0.15) is 28.7 Å². The van der Waals surface area contributed by atoms with Crippen molar-refractivity contribution in [3.8, 4) is 11.3 Å². The molecule has 194 valence electrons. The number of rotatable bonds is 5. The number of carboxylic acid groups (broad SMARTS) is 1. The van der Waals surface area contributed by atoms with Crippen LogP contribution in [-0.4, -0.2) is 36.3 Å². The van der Waals surface area contributed by atoms with Crippen LogP contribution in [0.3, 0.4) is 0 Å². The van der Waals surface area contributed by atoms with Crippen molar-refractivity contribution in [1.29, 1.82) is 0 Å². The zero-order valence-corrected chi connectivity index (χ0v) is 19.7. The van der Waals surface area contributed by atoms with Crippen molar-refractivity contribution in [3.05, 3.63) is 71.9 Å². The van der Waals surface area contributed by atoms with Crippen LogP contribution in [0.2, 0.25) is 0 Å². The molecule has 0 saturated heterocycles. The van der Waals surface area contributed by atoms with Crippen molar-refractivity contribution >= 4 is 29.0 Å². The van der Waals surface area contributed by atoms with Gasteiger partial charge in [-0.05, 0) is 48.9 Å². The lowest BCUT2D eigenvalue weighted by molar-refractivity contribution is -0.139. The lowest BCUT2D eigenvalue weighted by atomic mass is 9.99. The Balaban J connectivity index is 1.26. The summed E-state index contributed by atoms with van der Waals surface area (Å²) < 4.78 is 40.8. The lowest BCUT2D eigenvalue weighted by Gasteiger charge is -2.12. The van der Waals surface area contributed by atoms with Crippen LogP contribution in [0.4, 0.5) is 24.8 Å². The molecule has 2 fully saturated rings. The number of pyridine rings is 1. The number of fused-ring (bicyclic) bond motifs is 2. The molecule has 0 unspecified atom stereocenters. The quantitative estimate of drug-likeness (QED) is 0.352. The average Bonchev–Trinajstić information content (AvgIpc) is 3.20. The number of anilines is 2. The first kappa shape index (κ1) is 23.9. The molecule has 4 N–H and O–H groups in total. The van der Waals surface area contributed by atoms with Gasteiger partial charge >= 0.3 is 12.1 Å². The average molecular weight is 522 g/mol. The molecule has 0 bridgehead atoms. The van der Waals surface area contributed by atoms with E-state index in [0.717, 1.165) is 37.0 Å². The van der Waals surface area contributed by atoms with Crippen molar-refractivity contribution in [1.82, 2.24) is 19.4 Å². The molecular formula is C26H21F3N6O3. The molecule has 9 nitrogen and oxygen atoms in total. The second kappa shape index (κ2) is 8.54. The van der Waals surface area contributed by atoms with Crippen molar-refractivity contribution in [2.75, 3.05) is 11.1 Å². The fourth-order valence-electron chi connectivity index (χ4n) is 5.64. The number of hydrogen-bond donors (Lipinski definition) is 3. The summed E-state index contributed by atoms with van der Waals surface area (Å²) in [7, 11) is 0. The van der Waals surface area contributed by atoms with Gasteiger partial charge in [-0.3, -0.25) is 14.0 Å². The minimum Gasteiger partial charge on any atom is -0.481 e. The molecule has 38 heavy (non-hydrogen) atoms. The maximum Gasteiger partial charge on any atom is 0.416 e. The summed E-state index contributed by atoms with van der Waals surface area (Å²) >= 11 is 0. The molecule has 1 amide bonds. The smallest absolute Gasteiger partial charge is 0.416 e. The number of carboxylic acids is 1. The Bertz CT molecular complexity index is 1570. The van der Waals surface area contributed by atoms with Crippen LogP contribution in [0.5, 0.6) is 0 Å². The van der Waals surface area contributed by atoms with Crippen LogP contribution in [0.25, 0.3) is 16.8 Å². The van der Waals surface area contributed by atoms with Crippen LogP contribution in [0, 0.1) is 17.8 Å². The predicted octanol–water partition coefficient (Wildman–Crippen LogP) is 4.47. The molecule has 4 aromatic rings. The number of imidazole rings is 1. The number of carbonyl (C=O) groups excluding carboxylic acids is 1. The maximum atomic E-state index is 13.0. The van der Waals surface area contributed by atoms with E-state index in [9.17, 15) is 27.9 Å². The summed E-state index contributed by atoms with van der Waals surface area (Å²) in [6.07, 6.45) is 1.28. The van der Waals surface area contributed by atoms with Gasteiger partial charge in [0, 0.05) is 35.6 Å². The van der Waals surface area contributed by atoms with E-state index < -0.39 is 23.6 Å². The first-order chi connectivity index (χ1) is 18.1. The van der Waals surface area contributed by atoms with Gasteiger partial charge in [0.15, 0.2) is 0 Å². The van der Waals surface area contributed by atoms with E-state index in [2.05, 4.69) is 15.3 Å². The number of carbonyl (C=O) groups is 2. The number of halogens is 3. The number of benzene rings is 1. The van der Waals surface area contributed by atoms with Crippen molar-refractivity contribution in [2.45, 2.75) is 24.9 Å². The summed E-state index contributed by atoms with van der Waals surface area (Å²) in [5.41, 5.74) is 7.38. The third-order valence-electron chi connectivity index (χ3n) is 7.46.